The highest BCUT2D eigenvalue weighted by Gasteiger charge is 2.19. The van der Waals surface area contributed by atoms with Crippen molar-refractivity contribution < 1.29 is 19.1 Å². The highest BCUT2D eigenvalue weighted by Crippen LogP contribution is 2.22. The molecule has 6 heteroatoms. The van der Waals surface area contributed by atoms with Crippen LogP contribution >= 0.6 is 0 Å². The second-order valence-electron chi connectivity index (χ2n) is 6.65. The van der Waals surface area contributed by atoms with E-state index in [1.807, 2.05) is 12.1 Å². The summed E-state index contributed by atoms with van der Waals surface area (Å²) in [6.07, 6.45) is 2.78. The van der Waals surface area contributed by atoms with Crippen molar-refractivity contribution in [3.63, 3.8) is 0 Å². The zero-order valence-electron chi connectivity index (χ0n) is 15.2. The Morgan fingerprint density at radius 1 is 1.20 bits per heavy atom. The Balaban J connectivity index is 2.73. The molecule has 0 aliphatic carbocycles. The number of nitrogens with one attached hydrogen (secondary N) is 1. The smallest absolute Gasteiger partial charge is 0.330 e. The Morgan fingerprint density at radius 3 is 2.28 bits per heavy atom. The number of rotatable bonds is 7. The third-order valence-electron chi connectivity index (χ3n) is 3.57. The van der Waals surface area contributed by atoms with Gasteiger partial charge >= 0.3 is 5.97 Å². The molecule has 25 heavy (non-hydrogen) atoms. The maximum Gasteiger partial charge on any atom is 0.330 e. The van der Waals surface area contributed by atoms with E-state index in [1.165, 1.54) is 12.2 Å². The van der Waals surface area contributed by atoms with E-state index >= 15 is 0 Å². The summed E-state index contributed by atoms with van der Waals surface area (Å²) in [5.41, 5.74) is 6.85. The number of benzene rings is 1. The van der Waals surface area contributed by atoms with E-state index in [2.05, 4.69) is 26.1 Å². The Hall–Kier alpha value is -2.63. The van der Waals surface area contributed by atoms with Gasteiger partial charge in [-0.1, -0.05) is 39.0 Å². The predicted molar refractivity (Wildman–Crippen MR) is 96.0 cm³/mol. The maximum absolute atomic E-state index is 12.3. The number of hydrogen-bond acceptors (Lipinski definition) is 4. The van der Waals surface area contributed by atoms with E-state index in [0.29, 0.717) is 5.56 Å². The second kappa shape index (κ2) is 9.01. The zero-order valence-corrected chi connectivity index (χ0v) is 15.2. The van der Waals surface area contributed by atoms with Crippen LogP contribution in [0.4, 0.5) is 0 Å². The van der Waals surface area contributed by atoms with Crippen LogP contribution in [0.3, 0.4) is 0 Å². The molecule has 0 aliphatic heterocycles. The molecule has 0 aliphatic rings. The molecule has 0 bridgehead atoms. The van der Waals surface area contributed by atoms with Crippen LogP contribution in [-0.2, 0) is 19.7 Å². The quantitative estimate of drug-likeness (QED) is 0.583. The van der Waals surface area contributed by atoms with Gasteiger partial charge in [0.15, 0.2) is 0 Å². The van der Waals surface area contributed by atoms with Gasteiger partial charge in [0.05, 0.1) is 6.61 Å². The number of esters is 1. The first-order valence-corrected chi connectivity index (χ1v) is 8.19. The van der Waals surface area contributed by atoms with E-state index in [0.717, 1.165) is 5.56 Å². The maximum atomic E-state index is 12.3. The van der Waals surface area contributed by atoms with Gasteiger partial charge < -0.3 is 15.8 Å². The number of primary amides is 1. The lowest BCUT2D eigenvalue weighted by Gasteiger charge is -2.19. The Morgan fingerprint density at radius 2 is 1.80 bits per heavy atom. The highest BCUT2D eigenvalue weighted by atomic mass is 16.5. The summed E-state index contributed by atoms with van der Waals surface area (Å²) in [6.45, 7) is 8.22. The number of ether oxygens (including phenoxy) is 1. The minimum Gasteiger partial charge on any atom is -0.463 e. The molecule has 1 atom stereocenters. The lowest BCUT2D eigenvalue weighted by Crippen LogP contribution is -2.44. The first-order chi connectivity index (χ1) is 11.6. The Bertz CT molecular complexity index is 642. The van der Waals surface area contributed by atoms with Crippen LogP contribution < -0.4 is 11.1 Å². The van der Waals surface area contributed by atoms with Crippen LogP contribution in [0.25, 0.3) is 0 Å². The molecular weight excluding hydrogens is 320 g/mol. The van der Waals surface area contributed by atoms with Crippen LogP contribution in [0.2, 0.25) is 0 Å². The standard InChI is InChI=1S/C19H26N2O4/c1-5-25-16(22)8-6-7-15(17(20)23)21-18(24)13-9-11-14(12-10-13)19(2,3)4/h6,8-12,15H,5,7H2,1-4H3,(H2,20,23)(H,21,24)/b8-6+/t15-/m0/s1. The van der Waals surface area contributed by atoms with Crippen molar-refractivity contribution in [2.75, 3.05) is 6.61 Å². The number of hydrogen-bond donors (Lipinski definition) is 2. The van der Waals surface area contributed by atoms with Gasteiger partial charge in [-0.3, -0.25) is 9.59 Å². The van der Waals surface area contributed by atoms with E-state index in [-0.39, 0.29) is 18.4 Å². The fraction of sp³-hybridized carbons (Fsp3) is 0.421. The largest absolute Gasteiger partial charge is 0.463 e. The van der Waals surface area contributed by atoms with E-state index in [4.69, 9.17) is 10.5 Å². The predicted octanol–water partition coefficient (Wildman–Crippen LogP) is 2.08. The Kier molecular flexibility index (Phi) is 7.36. The number of carbonyl (C=O) groups excluding carboxylic acids is 3. The highest BCUT2D eigenvalue weighted by molar-refractivity contribution is 5.97. The van der Waals surface area contributed by atoms with E-state index in [9.17, 15) is 14.4 Å². The van der Waals surface area contributed by atoms with Crippen molar-refractivity contribution in [3.05, 3.63) is 47.5 Å². The summed E-state index contributed by atoms with van der Waals surface area (Å²) in [6, 6.07) is 6.29. The number of carbonyl (C=O) groups is 3. The van der Waals surface area contributed by atoms with Gasteiger partial charge in [0.1, 0.15) is 6.04 Å². The van der Waals surface area contributed by atoms with Crippen molar-refractivity contribution in [1.29, 1.82) is 0 Å². The molecule has 0 heterocycles. The minimum atomic E-state index is -0.902. The van der Waals surface area contributed by atoms with Crippen molar-refractivity contribution in [2.45, 2.75) is 45.6 Å². The molecule has 2 amide bonds. The van der Waals surface area contributed by atoms with Crippen molar-refractivity contribution >= 4 is 17.8 Å². The van der Waals surface area contributed by atoms with Crippen LogP contribution in [0.5, 0.6) is 0 Å². The molecule has 3 N–H and O–H groups in total. The third-order valence-corrected chi connectivity index (χ3v) is 3.57. The first-order valence-electron chi connectivity index (χ1n) is 8.19. The van der Waals surface area contributed by atoms with Gasteiger partial charge in [-0.25, -0.2) is 4.79 Å². The SMILES string of the molecule is CCOC(=O)/C=C/C[C@H](NC(=O)c1ccc(C(C)(C)C)cc1)C(N)=O. The summed E-state index contributed by atoms with van der Waals surface area (Å²) in [5, 5.41) is 2.58. The van der Waals surface area contributed by atoms with Gasteiger partial charge in [-0.05, 0) is 36.5 Å². The van der Waals surface area contributed by atoms with Crippen LogP contribution in [-0.4, -0.2) is 30.4 Å². The average Bonchev–Trinajstić information content (AvgIpc) is 2.53. The van der Waals surface area contributed by atoms with Crippen LogP contribution in [0.1, 0.15) is 50.0 Å². The van der Waals surface area contributed by atoms with Gasteiger partial charge in [0.2, 0.25) is 5.91 Å². The molecule has 0 fully saturated rings. The normalized spacial score (nSPS) is 12.6. The van der Waals surface area contributed by atoms with E-state index in [1.54, 1.807) is 19.1 Å². The molecular formula is C19H26N2O4. The molecule has 1 rings (SSSR count). The lowest BCUT2D eigenvalue weighted by molar-refractivity contribution is -0.137. The molecule has 1 aromatic carbocycles. The molecule has 0 saturated carbocycles. The fourth-order valence-corrected chi connectivity index (χ4v) is 2.10. The summed E-state index contributed by atoms with van der Waals surface area (Å²) >= 11 is 0. The molecule has 0 unspecified atom stereocenters. The lowest BCUT2D eigenvalue weighted by atomic mass is 9.86. The Labute approximate surface area is 148 Å². The van der Waals surface area contributed by atoms with Gasteiger partial charge in [-0.15, -0.1) is 0 Å². The minimum absolute atomic E-state index is 0.0113. The van der Waals surface area contributed by atoms with Gasteiger partial charge in [0.25, 0.3) is 5.91 Å². The third kappa shape index (κ3) is 6.79. The molecule has 0 aromatic heterocycles. The second-order valence-corrected chi connectivity index (χ2v) is 6.65. The first kappa shape index (κ1) is 20.4. The zero-order chi connectivity index (χ0) is 19.0. The number of amides is 2. The summed E-state index contributed by atoms with van der Waals surface area (Å²) in [7, 11) is 0. The van der Waals surface area contributed by atoms with E-state index < -0.39 is 23.8 Å². The summed E-state index contributed by atoms with van der Waals surface area (Å²) < 4.78 is 4.74. The van der Waals surface area contributed by atoms with Crippen molar-refractivity contribution in [3.8, 4) is 0 Å². The molecule has 0 saturated heterocycles. The molecule has 1 aromatic rings. The van der Waals surface area contributed by atoms with Crippen LogP contribution in [0, 0.1) is 0 Å². The molecule has 0 radical (unpaired) electrons. The summed E-state index contributed by atoms with van der Waals surface area (Å²) in [4.78, 5) is 35.0. The van der Waals surface area contributed by atoms with Crippen molar-refractivity contribution in [2.24, 2.45) is 5.73 Å². The van der Waals surface area contributed by atoms with Crippen molar-refractivity contribution in [1.82, 2.24) is 5.32 Å². The summed E-state index contributed by atoms with van der Waals surface area (Å²) in [5.74, 6) is -1.57. The monoisotopic (exact) mass is 346 g/mol. The van der Waals surface area contributed by atoms with Gasteiger partial charge in [-0.2, -0.15) is 0 Å². The van der Waals surface area contributed by atoms with Gasteiger partial charge in [0, 0.05) is 11.6 Å². The number of nitrogens with two attached hydrogens (primary N) is 1. The molecule has 136 valence electrons. The van der Waals surface area contributed by atoms with Crippen LogP contribution in [0.15, 0.2) is 36.4 Å². The fourth-order valence-electron chi connectivity index (χ4n) is 2.10. The molecule has 6 nitrogen and oxygen atoms in total. The molecule has 0 spiro atoms. The average molecular weight is 346 g/mol. The topological polar surface area (TPSA) is 98.5 Å².